The molecule has 132 valence electrons. The molecule has 4 rings (SSSR count). The summed E-state index contributed by atoms with van der Waals surface area (Å²) in [4.78, 5) is 0. The summed E-state index contributed by atoms with van der Waals surface area (Å²) in [5.74, 6) is 0.687. The van der Waals surface area contributed by atoms with Gasteiger partial charge in [-0.1, -0.05) is 30.3 Å². The smallest absolute Gasteiger partial charge is 0.233 e. The maximum atomic E-state index is 12.2. The first kappa shape index (κ1) is 16.5. The molecule has 25 heavy (non-hydrogen) atoms. The van der Waals surface area contributed by atoms with Gasteiger partial charge in [-0.15, -0.1) is 10.2 Å². The van der Waals surface area contributed by atoms with Crippen LogP contribution < -0.4 is 4.74 Å². The van der Waals surface area contributed by atoms with Crippen LogP contribution in [0.3, 0.4) is 0 Å². The van der Waals surface area contributed by atoms with Crippen molar-refractivity contribution in [1.29, 1.82) is 0 Å². The van der Waals surface area contributed by atoms with Gasteiger partial charge in [0, 0.05) is 30.6 Å². The summed E-state index contributed by atoms with van der Waals surface area (Å²) in [5, 5.41) is 8.18. The van der Waals surface area contributed by atoms with Crippen molar-refractivity contribution in [2.75, 3.05) is 19.7 Å². The summed E-state index contributed by atoms with van der Waals surface area (Å²) in [7, 11) is -3.07. The zero-order chi connectivity index (χ0) is 17.3. The number of hydrogen-bond donors (Lipinski definition) is 0. The van der Waals surface area contributed by atoms with Crippen molar-refractivity contribution >= 4 is 10.0 Å². The van der Waals surface area contributed by atoms with Gasteiger partial charge < -0.3 is 4.74 Å². The Kier molecular flexibility index (Phi) is 4.43. The van der Waals surface area contributed by atoms with Crippen LogP contribution >= 0.6 is 0 Å². The van der Waals surface area contributed by atoms with Gasteiger partial charge in [0.05, 0.1) is 17.6 Å². The largest absolute Gasteiger partial charge is 0.476 e. The van der Waals surface area contributed by atoms with Crippen molar-refractivity contribution < 1.29 is 13.2 Å². The highest BCUT2D eigenvalue weighted by atomic mass is 32.2. The molecule has 0 amide bonds. The molecule has 1 aliphatic heterocycles. The van der Waals surface area contributed by atoms with Crippen molar-refractivity contribution in [3.8, 4) is 17.1 Å². The lowest BCUT2D eigenvalue weighted by Crippen LogP contribution is -2.32. The molecule has 1 aliphatic carbocycles. The van der Waals surface area contributed by atoms with Crippen LogP contribution in [-0.4, -0.2) is 47.9 Å². The van der Waals surface area contributed by atoms with Gasteiger partial charge in [-0.2, -0.15) is 0 Å². The molecule has 2 aromatic rings. The number of nitrogens with zero attached hydrogens (tertiary/aromatic N) is 3. The summed E-state index contributed by atoms with van der Waals surface area (Å²) in [6, 6.07) is 13.5. The quantitative estimate of drug-likeness (QED) is 0.791. The van der Waals surface area contributed by atoms with Crippen molar-refractivity contribution in [1.82, 2.24) is 14.5 Å². The highest BCUT2D eigenvalue weighted by molar-refractivity contribution is 7.90. The molecule has 1 atom stereocenters. The molecular formula is C18H21N3O3S. The van der Waals surface area contributed by atoms with Gasteiger partial charge in [-0.25, -0.2) is 12.7 Å². The van der Waals surface area contributed by atoms with Crippen LogP contribution in [0.5, 0.6) is 5.88 Å². The summed E-state index contributed by atoms with van der Waals surface area (Å²) >= 11 is 0. The molecule has 1 aromatic carbocycles. The second kappa shape index (κ2) is 6.72. The van der Waals surface area contributed by atoms with E-state index in [0.29, 0.717) is 25.6 Å². The second-order valence-corrected chi connectivity index (χ2v) is 8.90. The van der Waals surface area contributed by atoms with Crippen molar-refractivity contribution in [2.24, 2.45) is 5.92 Å². The van der Waals surface area contributed by atoms with E-state index in [1.54, 1.807) is 4.31 Å². The summed E-state index contributed by atoms with van der Waals surface area (Å²) < 4.78 is 31.9. The van der Waals surface area contributed by atoms with Crippen molar-refractivity contribution in [3.05, 3.63) is 42.5 Å². The lowest BCUT2D eigenvalue weighted by atomic mass is 10.1. The first-order valence-electron chi connectivity index (χ1n) is 8.64. The van der Waals surface area contributed by atoms with E-state index < -0.39 is 10.0 Å². The third-order valence-electron chi connectivity index (χ3n) is 4.73. The number of benzene rings is 1. The Morgan fingerprint density at radius 1 is 1.04 bits per heavy atom. The van der Waals surface area contributed by atoms with E-state index in [2.05, 4.69) is 10.2 Å². The molecule has 1 aromatic heterocycles. The number of sulfonamides is 1. The monoisotopic (exact) mass is 359 g/mol. The molecule has 0 radical (unpaired) electrons. The lowest BCUT2D eigenvalue weighted by molar-refractivity contribution is 0.244. The van der Waals surface area contributed by atoms with Crippen molar-refractivity contribution in [2.45, 2.75) is 24.5 Å². The lowest BCUT2D eigenvalue weighted by Gasteiger charge is -2.16. The Hall–Kier alpha value is -1.99. The second-order valence-electron chi connectivity index (χ2n) is 6.69. The molecule has 2 fully saturated rings. The zero-order valence-corrected chi connectivity index (χ0v) is 14.7. The molecule has 0 bridgehead atoms. The molecule has 1 saturated carbocycles. The Bertz CT molecular complexity index is 820. The topological polar surface area (TPSA) is 72.4 Å². The number of ether oxygens (including phenoxy) is 1. The fourth-order valence-electron chi connectivity index (χ4n) is 3.10. The van der Waals surface area contributed by atoms with E-state index in [0.717, 1.165) is 30.5 Å². The molecule has 2 heterocycles. The summed E-state index contributed by atoms with van der Waals surface area (Å²) in [6.45, 7) is 1.62. The van der Waals surface area contributed by atoms with Gasteiger partial charge in [0.15, 0.2) is 0 Å². The maximum absolute atomic E-state index is 12.2. The third-order valence-corrected chi connectivity index (χ3v) is 7.10. The average molecular weight is 359 g/mol. The fraction of sp³-hybridized carbons (Fsp3) is 0.444. The predicted octanol–water partition coefficient (Wildman–Crippen LogP) is 2.34. The average Bonchev–Trinajstić information content (AvgIpc) is 3.40. The Morgan fingerprint density at radius 3 is 2.52 bits per heavy atom. The van der Waals surface area contributed by atoms with Crippen LogP contribution in [0.4, 0.5) is 0 Å². The molecule has 0 N–H and O–H groups in total. The normalized spacial score (nSPS) is 21.4. The van der Waals surface area contributed by atoms with Crippen LogP contribution in [0.2, 0.25) is 0 Å². The summed E-state index contributed by atoms with van der Waals surface area (Å²) in [5.41, 5.74) is 1.81. The van der Waals surface area contributed by atoms with Crippen LogP contribution in [-0.2, 0) is 10.0 Å². The molecule has 6 nitrogen and oxygen atoms in total. The van der Waals surface area contributed by atoms with Gasteiger partial charge in [-0.05, 0) is 25.3 Å². The van der Waals surface area contributed by atoms with Gasteiger partial charge >= 0.3 is 0 Å². The van der Waals surface area contributed by atoms with E-state index >= 15 is 0 Å². The molecule has 2 aliphatic rings. The van der Waals surface area contributed by atoms with Crippen LogP contribution in [0.25, 0.3) is 11.3 Å². The SMILES string of the molecule is O=S(=O)(C1CC1)N1CCC(COc2ccc(-c3ccccc3)nn2)C1. The zero-order valence-electron chi connectivity index (χ0n) is 13.9. The molecule has 1 saturated heterocycles. The summed E-state index contributed by atoms with van der Waals surface area (Å²) in [6.07, 6.45) is 2.45. The highest BCUT2D eigenvalue weighted by Crippen LogP contribution is 2.33. The number of hydrogen-bond acceptors (Lipinski definition) is 5. The number of rotatable bonds is 6. The Morgan fingerprint density at radius 2 is 1.84 bits per heavy atom. The minimum absolute atomic E-state index is 0.136. The van der Waals surface area contributed by atoms with Crippen LogP contribution in [0.1, 0.15) is 19.3 Å². The Balaban J connectivity index is 1.32. The first-order chi connectivity index (χ1) is 12.1. The maximum Gasteiger partial charge on any atom is 0.233 e. The fourth-order valence-corrected chi connectivity index (χ4v) is 5.04. The van der Waals surface area contributed by atoms with E-state index in [1.807, 2.05) is 42.5 Å². The minimum Gasteiger partial charge on any atom is -0.476 e. The van der Waals surface area contributed by atoms with E-state index in [-0.39, 0.29) is 11.2 Å². The first-order valence-corrected chi connectivity index (χ1v) is 10.1. The molecule has 1 unspecified atom stereocenters. The predicted molar refractivity (Wildman–Crippen MR) is 94.6 cm³/mol. The minimum atomic E-state index is -3.07. The van der Waals surface area contributed by atoms with E-state index in [1.165, 1.54) is 0 Å². The van der Waals surface area contributed by atoms with Crippen LogP contribution in [0.15, 0.2) is 42.5 Å². The van der Waals surface area contributed by atoms with Gasteiger partial charge in [0.2, 0.25) is 15.9 Å². The number of aromatic nitrogens is 2. The van der Waals surface area contributed by atoms with E-state index in [4.69, 9.17) is 4.74 Å². The molecule has 0 spiro atoms. The Labute approximate surface area is 147 Å². The van der Waals surface area contributed by atoms with Gasteiger partial charge in [0.1, 0.15) is 0 Å². The van der Waals surface area contributed by atoms with Crippen LogP contribution in [0, 0.1) is 5.92 Å². The van der Waals surface area contributed by atoms with Gasteiger partial charge in [0.25, 0.3) is 0 Å². The third kappa shape index (κ3) is 3.67. The van der Waals surface area contributed by atoms with Crippen molar-refractivity contribution in [3.63, 3.8) is 0 Å². The van der Waals surface area contributed by atoms with Gasteiger partial charge in [-0.3, -0.25) is 0 Å². The van der Waals surface area contributed by atoms with E-state index in [9.17, 15) is 8.42 Å². The molecule has 7 heteroatoms. The molecular weight excluding hydrogens is 338 g/mol. The standard InChI is InChI=1S/C18H21N3O3S/c22-25(23,16-6-7-16)21-11-10-14(12-21)13-24-18-9-8-17(19-20-18)15-4-2-1-3-5-15/h1-5,8-9,14,16H,6-7,10-13H2. The highest BCUT2D eigenvalue weighted by Gasteiger charge is 2.42.